The molecule has 1 aliphatic carbocycles. The molecule has 1 heterocycles. The number of para-hydroxylation sites is 1. The summed E-state index contributed by atoms with van der Waals surface area (Å²) in [5, 5.41) is 1.19. The molecule has 0 bridgehead atoms. The lowest BCUT2D eigenvalue weighted by Crippen LogP contribution is -2.25. The molecule has 0 amide bonds. The summed E-state index contributed by atoms with van der Waals surface area (Å²) < 4.78 is 6.15. The van der Waals surface area contributed by atoms with E-state index in [0.29, 0.717) is 5.88 Å². The highest BCUT2D eigenvalue weighted by atomic mass is 35.5. The van der Waals surface area contributed by atoms with Crippen molar-refractivity contribution in [2.24, 2.45) is 5.92 Å². The van der Waals surface area contributed by atoms with Crippen molar-refractivity contribution < 1.29 is 4.74 Å². The Morgan fingerprint density at radius 3 is 2.95 bits per heavy atom. The second kappa shape index (κ2) is 5.96. The highest BCUT2D eigenvalue weighted by Gasteiger charge is 2.23. The molecule has 3 nitrogen and oxygen atoms in total. The first-order valence-corrected chi connectivity index (χ1v) is 7.73. The van der Waals surface area contributed by atoms with Gasteiger partial charge in [-0.3, -0.25) is 0 Å². The lowest BCUT2D eigenvalue weighted by Gasteiger charge is -2.28. The van der Waals surface area contributed by atoms with Crippen molar-refractivity contribution in [3.63, 3.8) is 0 Å². The van der Waals surface area contributed by atoms with Crippen molar-refractivity contribution in [2.45, 2.75) is 45.1 Å². The first-order chi connectivity index (χ1) is 9.76. The van der Waals surface area contributed by atoms with E-state index in [4.69, 9.17) is 16.3 Å². The van der Waals surface area contributed by atoms with Gasteiger partial charge in [0.2, 0.25) is 11.2 Å². The molecule has 0 N–H and O–H groups in total. The number of halogens is 1. The summed E-state index contributed by atoms with van der Waals surface area (Å²) in [4.78, 5) is 8.51. The zero-order chi connectivity index (χ0) is 13.9. The van der Waals surface area contributed by atoms with Crippen molar-refractivity contribution >= 4 is 22.5 Å². The maximum Gasteiger partial charge on any atom is 0.226 e. The Kier molecular flexibility index (Phi) is 4.06. The fraction of sp³-hybridized carbons (Fsp3) is 0.500. The minimum Gasteiger partial charge on any atom is -0.474 e. The number of aromatic nitrogens is 2. The van der Waals surface area contributed by atoms with Crippen LogP contribution in [0.4, 0.5) is 0 Å². The number of benzene rings is 1. The van der Waals surface area contributed by atoms with Crippen molar-refractivity contribution in [1.29, 1.82) is 0 Å². The van der Waals surface area contributed by atoms with Gasteiger partial charge < -0.3 is 4.74 Å². The van der Waals surface area contributed by atoms with Crippen LogP contribution in [0.2, 0.25) is 5.28 Å². The Bertz CT molecular complexity index is 602. The fourth-order valence-corrected chi connectivity index (χ4v) is 3.16. The Labute approximate surface area is 124 Å². The molecule has 0 aliphatic heterocycles. The SMILES string of the molecule is CCC1CCCC(Oc2nc(Cl)nc3ccccc23)C1. The Morgan fingerprint density at radius 2 is 2.10 bits per heavy atom. The van der Waals surface area contributed by atoms with E-state index in [-0.39, 0.29) is 11.4 Å². The van der Waals surface area contributed by atoms with Crippen molar-refractivity contribution in [3.8, 4) is 5.88 Å². The van der Waals surface area contributed by atoms with Gasteiger partial charge in [-0.2, -0.15) is 4.98 Å². The van der Waals surface area contributed by atoms with Gasteiger partial charge in [-0.05, 0) is 48.9 Å². The molecule has 1 aromatic heterocycles. The van der Waals surface area contributed by atoms with E-state index in [1.807, 2.05) is 24.3 Å². The van der Waals surface area contributed by atoms with E-state index in [2.05, 4.69) is 16.9 Å². The number of fused-ring (bicyclic) bond motifs is 1. The zero-order valence-electron chi connectivity index (χ0n) is 11.7. The van der Waals surface area contributed by atoms with Gasteiger partial charge in [-0.15, -0.1) is 0 Å². The van der Waals surface area contributed by atoms with E-state index in [1.165, 1.54) is 19.3 Å². The average molecular weight is 291 g/mol. The standard InChI is InChI=1S/C16H19ClN2O/c1-2-11-6-5-7-12(10-11)20-15-13-8-3-4-9-14(13)18-16(17)19-15/h3-4,8-9,11-12H,2,5-7,10H2,1H3. The third-order valence-electron chi connectivity index (χ3n) is 4.13. The molecular weight excluding hydrogens is 272 g/mol. The minimum absolute atomic E-state index is 0.251. The topological polar surface area (TPSA) is 35.0 Å². The van der Waals surface area contributed by atoms with E-state index in [0.717, 1.165) is 29.7 Å². The van der Waals surface area contributed by atoms with Gasteiger partial charge in [0, 0.05) is 0 Å². The van der Waals surface area contributed by atoms with Crippen LogP contribution in [0.1, 0.15) is 39.0 Å². The predicted molar refractivity (Wildman–Crippen MR) is 81.2 cm³/mol. The molecule has 20 heavy (non-hydrogen) atoms. The molecule has 1 saturated carbocycles. The molecule has 2 atom stereocenters. The van der Waals surface area contributed by atoms with Gasteiger partial charge >= 0.3 is 0 Å². The molecule has 4 heteroatoms. The summed E-state index contributed by atoms with van der Waals surface area (Å²) in [7, 11) is 0. The Balaban J connectivity index is 1.86. The maximum absolute atomic E-state index is 6.15. The summed E-state index contributed by atoms with van der Waals surface area (Å²) in [6, 6.07) is 7.85. The molecule has 106 valence electrons. The molecule has 1 aromatic carbocycles. The highest BCUT2D eigenvalue weighted by Crippen LogP contribution is 2.31. The van der Waals surface area contributed by atoms with Crippen LogP contribution in [0, 0.1) is 5.92 Å². The zero-order valence-corrected chi connectivity index (χ0v) is 12.4. The van der Waals surface area contributed by atoms with Crippen LogP contribution in [0.15, 0.2) is 24.3 Å². The Morgan fingerprint density at radius 1 is 1.25 bits per heavy atom. The van der Waals surface area contributed by atoms with Gasteiger partial charge in [0.15, 0.2) is 0 Å². The fourth-order valence-electron chi connectivity index (χ4n) is 2.99. The third kappa shape index (κ3) is 2.88. The van der Waals surface area contributed by atoms with Crippen LogP contribution < -0.4 is 4.74 Å². The van der Waals surface area contributed by atoms with Gasteiger partial charge in [0.25, 0.3) is 0 Å². The van der Waals surface area contributed by atoms with Crippen LogP contribution in [0.25, 0.3) is 10.9 Å². The average Bonchev–Trinajstić information content (AvgIpc) is 2.47. The summed E-state index contributed by atoms with van der Waals surface area (Å²) in [6.45, 7) is 2.25. The van der Waals surface area contributed by atoms with Gasteiger partial charge in [-0.1, -0.05) is 31.9 Å². The number of ether oxygens (including phenoxy) is 1. The van der Waals surface area contributed by atoms with Gasteiger partial charge in [0.05, 0.1) is 10.9 Å². The summed E-state index contributed by atoms with van der Waals surface area (Å²) in [6.07, 6.45) is 6.26. The van der Waals surface area contributed by atoms with Crippen molar-refractivity contribution in [1.82, 2.24) is 9.97 Å². The largest absolute Gasteiger partial charge is 0.474 e. The molecule has 0 spiro atoms. The summed E-state index contributed by atoms with van der Waals surface area (Å²) in [5.41, 5.74) is 0.838. The molecule has 1 aliphatic rings. The quantitative estimate of drug-likeness (QED) is 0.773. The van der Waals surface area contributed by atoms with E-state index >= 15 is 0 Å². The monoisotopic (exact) mass is 290 g/mol. The first-order valence-electron chi connectivity index (χ1n) is 7.35. The second-order valence-corrected chi connectivity index (χ2v) is 5.83. The molecule has 0 radical (unpaired) electrons. The van der Waals surface area contributed by atoms with Crippen molar-refractivity contribution in [3.05, 3.63) is 29.5 Å². The van der Waals surface area contributed by atoms with Gasteiger partial charge in [-0.25, -0.2) is 4.98 Å². The van der Waals surface area contributed by atoms with Crippen LogP contribution in [-0.2, 0) is 0 Å². The first kappa shape index (κ1) is 13.6. The maximum atomic E-state index is 6.15. The van der Waals surface area contributed by atoms with Crippen molar-refractivity contribution in [2.75, 3.05) is 0 Å². The number of hydrogen-bond acceptors (Lipinski definition) is 3. The van der Waals surface area contributed by atoms with Gasteiger partial charge in [0.1, 0.15) is 6.10 Å². The van der Waals surface area contributed by atoms with E-state index < -0.39 is 0 Å². The number of rotatable bonds is 3. The molecule has 2 unspecified atom stereocenters. The molecule has 2 aromatic rings. The van der Waals surface area contributed by atoms with E-state index in [9.17, 15) is 0 Å². The summed E-state index contributed by atoms with van der Waals surface area (Å²) in [5.74, 6) is 1.40. The normalized spacial score (nSPS) is 22.9. The smallest absolute Gasteiger partial charge is 0.226 e. The number of hydrogen-bond donors (Lipinski definition) is 0. The lowest BCUT2D eigenvalue weighted by molar-refractivity contribution is 0.119. The molecule has 1 fully saturated rings. The Hall–Kier alpha value is -1.35. The van der Waals surface area contributed by atoms with Crippen LogP contribution in [0.3, 0.4) is 0 Å². The summed E-state index contributed by atoms with van der Waals surface area (Å²) >= 11 is 6.00. The molecule has 3 rings (SSSR count). The minimum atomic E-state index is 0.251. The lowest BCUT2D eigenvalue weighted by atomic mass is 9.85. The second-order valence-electron chi connectivity index (χ2n) is 5.50. The molecular formula is C16H19ClN2O. The van der Waals surface area contributed by atoms with Crippen LogP contribution in [-0.4, -0.2) is 16.1 Å². The predicted octanol–water partition coefficient (Wildman–Crippen LogP) is 4.63. The number of nitrogens with zero attached hydrogens (tertiary/aromatic N) is 2. The molecule has 0 saturated heterocycles. The van der Waals surface area contributed by atoms with Crippen LogP contribution >= 0.6 is 11.6 Å². The van der Waals surface area contributed by atoms with E-state index in [1.54, 1.807) is 0 Å². The highest BCUT2D eigenvalue weighted by molar-refractivity contribution is 6.28. The third-order valence-corrected chi connectivity index (χ3v) is 4.30. The van der Waals surface area contributed by atoms with Crippen LogP contribution in [0.5, 0.6) is 5.88 Å².